The number of carboxylic acids is 1. The summed E-state index contributed by atoms with van der Waals surface area (Å²) < 4.78 is 0. The fourth-order valence-electron chi connectivity index (χ4n) is 0.969. The molecule has 0 saturated heterocycles. The van der Waals surface area contributed by atoms with Gasteiger partial charge in [-0.05, 0) is 13.0 Å². The van der Waals surface area contributed by atoms with E-state index in [0.717, 1.165) is 10.7 Å². The largest absolute Gasteiger partial charge is 0.481 e. The zero-order chi connectivity index (χ0) is 12.0. The second-order valence-corrected chi connectivity index (χ2v) is 4.12. The standard InChI is InChI=1S/C10H12N2O3S/c1-7-12-8(6-16-7)2-3-9(13)11-5-4-10(14)15/h2-3,6H,4-5H2,1H3,(H,11,13)(H,14,15)/b3-2+. The normalized spacial score (nSPS) is 10.6. The van der Waals surface area contributed by atoms with Crippen molar-refractivity contribution in [1.82, 2.24) is 10.3 Å². The van der Waals surface area contributed by atoms with Gasteiger partial charge < -0.3 is 10.4 Å². The van der Waals surface area contributed by atoms with E-state index < -0.39 is 5.97 Å². The Labute approximate surface area is 96.8 Å². The van der Waals surface area contributed by atoms with E-state index in [0.29, 0.717) is 0 Å². The lowest BCUT2D eigenvalue weighted by Gasteiger charge is -1.97. The Morgan fingerprint density at radius 2 is 2.38 bits per heavy atom. The Balaban J connectivity index is 2.34. The molecule has 1 aromatic rings. The molecule has 0 fully saturated rings. The van der Waals surface area contributed by atoms with Gasteiger partial charge in [0.15, 0.2) is 0 Å². The topological polar surface area (TPSA) is 79.3 Å². The van der Waals surface area contributed by atoms with Crippen LogP contribution in [-0.4, -0.2) is 28.5 Å². The van der Waals surface area contributed by atoms with Crippen molar-refractivity contribution in [3.8, 4) is 0 Å². The molecular weight excluding hydrogens is 228 g/mol. The quantitative estimate of drug-likeness (QED) is 0.754. The molecule has 0 atom stereocenters. The zero-order valence-corrected chi connectivity index (χ0v) is 9.58. The second-order valence-electron chi connectivity index (χ2n) is 3.06. The van der Waals surface area contributed by atoms with Gasteiger partial charge in [0.2, 0.25) is 5.91 Å². The Morgan fingerprint density at radius 1 is 1.62 bits per heavy atom. The van der Waals surface area contributed by atoms with Crippen LogP contribution in [0.2, 0.25) is 0 Å². The Bertz CT molecular complexity index is 412. The molecular formula is C10H12N2O3S. The third-order valence-corrected chi connectivity index (χ3v) is 2.47. The highest BCUT2D eigenvalue weighted by atomic mass is 32.1. The van der Waals surface area contributed by atoms with Crippen LogP contribution in [0, 0.1) is 6.92 Å². The smallest absolute Gasteiger partial charge is 0.305 e. The molecule has 1 heterocycles. The van der Waals surface area contributed by atoms with Crippen molar-refractivity contribution in [1.29, 1.82) is 0 Å². The highest BCUT2D eigenvalue weighted by Gasteiger charge is 1.99. The summed E-state index contributed by atoms with van der Waals surface area (Å²) in [6, 6.07) is 0. The fraction of sp³-hybridized carbons (Fsp3) is 0.300. The molecule has 0 spiro atoms. The number of carbonyl (C=O) groups is 2. The van der Waals surface area contributed by atoms with Crippen LogP contribution in [0.3, 0.4) is 0 Å². The summed E-state index contributed by atoms with van der Waals surface area (Å²) in [6.45, 7) is 2.02. The molecule has 0 radical (unpaired) electrons. The SMILES string of the molecule is Cc1nc(/C=C/C(=O)NCCC(=O)O)cs1. The molecule has 1 rings (SSSR count). The van der Waals surface area contributed by atoms with Crippen molar-refractivity contribution < 1.29 is 14.7 Å². The molecule has 5 nitrogen and oxygen atoms in total. The van der Waals surface area contributed by atoms with Crippen molar-refractivity contribution in [2.45, 2.75) is 13.3 Å². The maximum absolute atomic E-state index is 11.2. The van der Waals surface area contributed by atoms with E-state index >= 15 is 0 Å². The van der Waals surface area contributed by atoms with Gasteiger partial charge in [0, 0.05) is 18.0 Å². The summed E-state index contributed by atoms with van der Waals surface area (Å²) in [5.41, 5.74) is 0.732. The predicted octanol–water partition coefficient (Wildman–Crippen LogP) is 1.06. The molecule has 0 aliphatic rings. The molecule has 0 aliphatic heterocycles. The van der Waals surface area contributed by atoms with Crippen LogP contribution >= 0.6 is 11.3 Å². The summed E-state index contributed by atoms with van der Waals surface area (Å²) in [6.07, 6.45) is 2.87. The van der Waals surface area contributed by atoms with E-state index in [2.05, 4.69) is 10.3 Å². The Hall–Kier alpha value is -1.69. The molecule has 1 amide bonds. The molecule has 2 N–H and O–H groups in total. The van der Waals surface area contributed by atoms with Crippen molar-refractivity contribution in [2.24, 2.45) is 0 Å². The summed E-state index contributed by atoms with van der Waals surface area (Å²) in [7, 11) is 0. The summed E-state index contributed by atoms with van der Waals surface area (Å²) in [5.74, 6) is -1.24. The average molecular weight is 240 g/mol. The van der Waals surface area contributed by atoms with Crippen molar-refractivity contribution in [3.05, 3.63) is 22.2 Å². The van der Waals surface area contributed by atoms with E-state index in [1.165, 1.54) is 17.4 Å². The molecule has 0 saturated carbocycles. The number of hydrogen-bond acceptors (Lipinski definition) is 4. The first kappa shape index (κ1) is 12.4. The molecule has 16 heavy (non-hydrogen) atoms. The molecule has 0 aliphatic carbocycles. The number of nitrogens with one attached hydrogen (secondary N) is 1. The lowest BCUT2D eigenvalue weighted by atomic mass is 10.4. The van der Waals surface area contributed by atoms with Crippen molar-refractivity contribution in [3.63, 3.8) is 0 Å². The number of rotatable bonds is 5. The lowest BCUT2D eigenvalue weighted by molar-refractivity contribution is -0.136. The van der Waals surface area contributed by atoms with Crippen LogP contribution in [0.1, 0.15) is 17.1 Å². The maximum Gasteiger partial charge on any atom is 0.305 e. The summed E-state index contributed by atoms with van der Waals surface area (Å²) >= 11 is 1.51. The Kier molecular flexibility index (Phi) is 4.65. The number of carbonyl (C=O) groups excluding carboxylic acids is 1. The number of aliphatic carboxylic acids is 1. The fourth-order valence-corrected chi connectivity index (χ4v) is 1.55. The predicted molar refractivity (Wildman–Crippen MR) is 61.1 cm³/mol. The number of hydrogen-bond donors (Lipinski definition) is 2. The van der Waals surface area contributed by atoms with Gasteiger partial charge in [0.25, 0.3) is 0 Å². The average Bonchev–Trinajstić information content (AvgIpc) is 2.61. The van der Waals surface area contributed by atoms with E-state index in [1.54, 1.807) is 6.08 Å². The molecule has 0 aromatic carbocycles. The number of thiazole rings is 1. The first-order valence-electron chi connectivity index (χ1n) is 4.68. The van der Waals surface area contributed by atoms with Crippen molar-refractivity contribution in [2.75, 3.05) is 6.54 Å². The van der Waals surface area contributed by atoms with Gasteiger partial charge in [-0.25, -0.2) is 4.98 Å². The highest BCUT2D eigenvalue weighted by molar-refractivity contribution is 7.09. The van der Waals surface area contributed by atoms with Gasteiger partial charge in [-0.1, -0.05) is 0 Å². The van der Waals surface area contributed by atoms with Gasteiger partial charge in [0.05, 0.1) is 17.1 Å². The number of carboxylic acid groups (broad SMARTS) is 1. The minimum atomic E-state index is -0.931. The van der Waals surface area contributed by atoms with Crippen LogP contribution in [-0.2, 0) is 9.59 Å². The zero-order valence-electron chi connectivity index (χ0n) is 8.77. The van der Waals surface area contributed by atoms with E-state index in [4.69, 9.17) is 5.11 Å². The lowest BCUT2D eigenvalue weighted by Crippen LogP contribution is -2.23. The van der Waals surface area contributed by atoms with Crippen molar-refractivity contribution >= 4 is 29.3 Å². The molecule has 6 heteroatoms. The third-order valence-electron chi connectivity index (χ3n) is 1.68. The second kappa shape index (κ2) is 6.02. The van der Waals surface area contributed by atoms with E-state index in [1.807, 2.05) is 12.3 Å². The van der Waals surface area contributed by atoms with Gasteiger partial charge >= 0.3 is 5.97 Å². The van der Waals surface area contributed by atoms with E-state index in [-0.39, 0.29) is 18.9 Å². The minimum absolute atomic E-state index is 0.0740. The van der Waals surface area contributed by atoms with Crippen LogP contribution in [0.5, 0.6) is 0 Å². The van der Waals surface area contributed by atoms with Crippen LogP contribution in [0.4, 0.5) is 0 Å². The number of aromatic nitrogens is 1. The van der Waals surface area contributed by atoms with Crippen LogP contribution < -0.4 is 5.32 Å². The van der Waals surface area contributed by atoms with Gasteiger partial charge in [-0.3, -0.25) is 9.59 Å². The first-order chi connectivity index (χ1) is 7.58. The number of aryl methyl sites for hydroxylation is 1. The molecule has 0 bridgehead atoms. The molecule has 86 valence electrons. The summed E-state index contributed by atoms with van der Waals surface area (Å²) in [5, 5.41) is 13.6. The maximum atomic E-state index is 11.2. The molecule has 1 aromatic heterocycles. The van der Waals surface area contributed by atoms with Gasteiger partial charge in [-0.15, -0.1) is 11.3 Å². The monoisotopic (exact) mass is 240 g/mol. The van der Waals surface area contributed by atoms with Crippen LogP contribution in [0.25, 0.3) is 6.08 Å². The first-order valence-corrected chi connectivity index (χ1v) is 5.56. The van der Waals surface area contributed by atoms with Crippen LogP contribution in [0.15, 0.2) is 11.5 Å². The Morgan fingerprint density at radius 3 is 2.94 bits per heavy atom. The van der Waals surface area contributed by atoms with E-state index in [9.17, 15) is 9.59 Å². The van der Waals surface area contributed by atoms with Gasteiger partial charge in [-0.2, -0.15) is 0 Å². The number of amides is 1. The highest BCUT2D eigenvalue weighted by Crippen LogP contribution is 2.08. The third kappa shape index (κ3) is 4.70. The van der Waals surface area contributed by atoms with Gasteiger partial charge in [0.1, 0.15) is 0 Å². The molecule has 0 unspecified atom stereocenters. The minimum Gasteiger partial charge on any atom is -0.481 e. The number of nitrogens with zero attached hydrogens (tertiary/aromatic N) is 1. The summed E-state index contributed by atoms with van der Waals surface area (Å²) in [4.78, 5) is 25.5.